The molecule has 1 fully saturated rings. The van der Waals surface area contributed by atoms with Gasteiger partial charge in [-0.2, -0.15) is 0 Å². The van der Waals surface area contributed by atoms with Crippen LogP contribution in [-0.4, -0.2) is 71.2 Å². The smallest absolute Gasteiger partial charge is 0.326 e. The van der Waals surface area contributed by atoms with Gasteiger partial charge in [0.1, 0.15) is 23.8 Å². The lowest BCUT2D eigenvalue weighted by molar-refractivity contribution is -0.144. The monoisotopic (exact) mass is 634 g/mol. The molecule has 0 saturated heterocycles. The number of nitrogens with two attached hydrogens (primary N) is 3. The minimum atomic E-state index is -1.21. The number of carboxylic acid groups (broad SMARTS) is 1. The van der Waals surface area contributed by atoms with Gasteiger partial charge in [0.15, 0.2) is 5.96 Å². The molecule has 0 heterocycles. The van der Waals surface area contributed by atoms with Crippen LogP contribution in [0.5, 0.6) is 0 Å². The Morgan fingerprint density at radius 1 is 0.935 bits per heavy atom. The zero-order valence-corrected chi connectivity index (χ0v) is 26.3. The van der Waals surface area contributed by atoms with E-state index in [-0.39, 0.29) is 43.6 Å². The van der Waals surface area contributed by atoms with Gasteiger partial charge in [-0.05, 0) is 49.1 Å². The molecule has 10 N–H and O–H groups in total. The number of carbonyl (C=O) groups excluding carboxylic acids is 3. The first-order chi connectivity index (χ1) is 22.0. The summed E-state index contributed by atoms with van der Waals surface area (Å²) >= 11 is 0. The summed E-state index contributed by atoms with van der Waals surface area (Å²) in [4.78, 5) is 58.9. The molecule has 248 valence electrons. The molecule has 0 bridgehead atoms. The summed E-state index contributed by atoms with van der Waals surface area (Å²) in [5.41, 5.74) is 18.4. The summed E-state index contributed by atoms with van der Waals surface area (Å²) in [6.07, 6.45) is 4.56. The number of benzene rings is 2. The number of carbonyl (C=O) groups is 4. The van der Waals surface area contributed by atoms with E-state index in [0.29, 0.717) is 30.4 Å². The van der Waals surface area contributed by atoms with Crippen molar-refractivity contribution in [3.63, 3.8) is 0 Å². The van der Waals surface area contributed by atoms with Crippen molar-refractivity contribution in [3.8, 4) is 0 Å². The molecule has 1 saturated carbocycles. The Balaban J connectivity index is 1.85. The zero-order valence-electron chi connectivity index (χ0n) is 26.3. The molecule has 3 atom stereocenters. The quantitative estimate of drug-likeness (QED) is 0.0617. The minimum Gasteiger partial charge on any atom is -0.480 e. The van der Waals surface area contributed by atoms with Gasteiger partial charge in [0.05, 0.1) is 0 Å². The number of amidine groups is 1. The zero-order chi connectivity index (χ0) is 33.6. The number of hydrogen-bond acceptors (Lipinski definition) is 6. The number of nitrogens with zero attached hydrogens (tertiary/aromatic N) is 2. The largest absolute Gasteiger partial charge is 0.480 e. The highest BCUT2D eigenvalue weighted by Gasteiger charge is 2.37. The highest BCUT2D eigenvalue weighted by atomic mass is 16.4. The fourth-order valence-corrected chi connectivity index (χ4v) is 5.69. The van der Waals surface area contributed by atoms with Crippen LogP contribution in [0.15, 0.2) is 59.6 Å². The van der Waals surface area contributed by atoms with E-state index in [1.165, 1.54) is 4.90 Å². The van der Waals surface area contributed by atoms with E-state index < -0.39 is 41.7 Å². The van der Waals surface area contributed by atoms with Gasteiger partial charge in [-0.3, -0.25) is 24.8 Å². The molecule has 0 aliphatic heterocycles. The van der Waals surface area contributed by atoms with Gasteiger partial charge in [0, 0.05) is 25.7 Å². The van der Waals surface area contributed by atoms with E-state index in [4.69, 9.17) is 22.6 Å². The number of rotatable bonds is 16. The highest BCUT2D eigenvalue weighted by Crippen LogP contribution is 2.27. The third kappa shape index (κ3) is 10.9. The van der Waals surface area contributed by atoms with Gasteiger partial charge in [-0.1, -0.05) is 73.9 Å². The average molecular weight is 635 g/mol. The second kappa shape index (κ2) is 17.5. The topological polar surface area (TPSA) is 230 Å². The van der Waals surface area contributed by atoms with E-state index in [2.05, 4.69) is 15.6 Å². The predicted molar refractivity (Wildman–Crippen MR) is 176 cm³/mol. The SMILES string of the molecule is CN(Cc1ccccc1)C(=O)[C@@H](Cc1ccc(C(=N)N)cc1)C(=O)N[C@H](C(=O)NC(CCCN=C(N)N)C(=O)O)C1CCCCC1. The van der Waals surface area contributed by atoms with Gasteiger partial charge < -0.3 is 37.8 Å². The maximum Gasteiger partial charge on any atom is 0.326 e. The van der Waals surface area contributed by atoms with Crippen LogP contribution in [0, 0.1) is 17.2 Å². The molecule has 0 radical (unpaired) electrons. The van der Waals surface area contributed by atoms with Gasteiger partial charge in [0.2, 0.25) is 17.7 Å². The Bertz CT molecular complexity index is 1370. The number of nitrogens with one attached hydrogen (secondary N) is 3. The predicted octanol–water partition coefficient (Wildman–Crippen LogP) is 1.48. The molecule has 3 rings (SSSR count). The molecule has 13 heteroatoms. The van der Waals surface area contributed by atoms with E-state index >= 15 is 0 Å². The third-order valence-electron chi connectivity index (χ3n) is 8.22. The lowest BCUT2D eigenvalue weighted by atomic mass is 9.83. The molecule has 2 aromatic carbocycles. The number of carboxylic acids is 1. The number of nitrogen functional groups attached to an aromatic ring is 1. The van der Waals surface area contributed by atoms with Crippen molar-refractivity contribution in [2.24, 2.45) is 34.0 Å². The average Bonchev–Trinajstić information content (AvgIpc) is 3.04. The van der Waals surface area contributed by atoms with Crippen molar-refractivity contribution in [3.05, 3.63) is 71.3 Å². The number of aliphatic imine (C=N–C) groups is 1. The van der Waals surface area contributed by atoms with Crippen molar-refractivity contribution in [1.82, 2.24) is 15.5 Å². The molecular weight excluding hydrogens is 588 g/mol. The molecule has 2 aromatic rings. The van der Waals surface area contributed by atoms with Crippen molar-refractivity contribution >= 4 is 35.5 Å². The van der Waals surface area contributed by atoms with Crippen LogP contribution in [0.4, 0.5) is 0 Å². The molecule has 0 aromatic heterocycles. The van der Waals surface area contributed by atoms with Crippen molar-refractivity contribution in [2.45, 2.75) is 70.0 Å². The first-order valence-corrected chi connectivity index (χ1v) is 15.6. The van der Waals surface area contributed by atoms with E-state index in [1.54, 1.807) is 31.3 Å². The minimum absolute atomic E-state index is 0.0452. The summed E-state index contributed by atoms with van der Waals surface area (Å²) in [6.45, 7) is 0.484. The van der Waals surface area contributed by atoms with Crippen LogP contribution >= 0.6 is 0 Å². The van der Waals surface area contributed by atoms with Gasteiger partial charge >= 0.3 is 5.97 Å². The molecule has 1 aliphatic rings. The second-order valence-electron chi connectivity index (χ2n) is 11.8. The number of aliphatic carboxylic acids is 1. The molecule has 1 unspecified atom stereocenters. The maximum atomic E-state index is 14.0. The fraction of sp³-hybridized carbons (Fsp3) is 0.455. The summed E-state index contributed by atoms with van der Waals surface area (Å²) in [5, 5.41) is 22.9. The summed E-state index contributed by atoms with van der Waals surface area (Å²) in [7, 11) is 1.62. The number of hydrogen-bond donors (Lipinski definition) is 7. The van der Waals surface area contributed by atoms with Crippen molar-refractivity contribution in [1.29, 1.82) is 5.41 Å². The molecule has 46 heavy (non-hydrogen) atoms. The van der Waals surface area contributed by atoms with Crippen LogP contribution in [0.1, 0.15) is 61.6 Å². The van der Waals surface area contributed by atoms with E-state index in [0.717, 1.165) is 24.8 Å². The number of amides is 3. The molecular formula is C33H46N8O5. The van der Waals surface area contributed by atoms with Gasteiger partial charge in [-0.15, -0.1) is 0 Å². The Hall–Kier alpha value is -4.94. The van der Waals surface area contributed by atoms with Crippen LogP contribution in [-0.2, 0) is 32.1 Å². The van der Waals surface area contributed by atoms with Crippen molar-refractivity contribution < 1.29 is 24.3 Å². The molecule has 13 nitrogen and oxygen atoms in total. The van der Waals surface area contributed by atoms with Gasteiger partial charge in [-0.25, -0.2) is 4.79 Å². The Morgan fingerprint density at radius 2 is 1.59 bits per heavy atom. The lowest BCUT2D eigenvalue weighted by Gasteiger charge is -2.32. The van der Waals surface area contributed by atoms with Crippen LogP contribution in [0.2, 0.25) is 0 Å². The van der Waals surface area contributed by atoms with E-state index in [1.807, 2.05) is 30.3 Å². The first-order valence-electron chi connectivity index (χ1n) is 15.6. The van der Waals surface area contributed by atoms with Crippen molar-refractivity contribution in [2.75, 3.05) is 13.6 Å². The molecule has 1 aliphatic carbocycles. The normalized spacial score (nSPS) is 15.1. The standard InChI is InChI=1S/C33H46N8O5/c1-41(20-22-9-4-2-5-10-22)31(44)25(19-21-14-16-24(17-15-21)28(34)35)29(42)40-27(23-11-6-3-7-12-23)30(43)39-26(32(45)46)13-8-18-38-33(36)37/h2,4-5,9-10,14-17,23,25-27H,3,6-8,11-13,18-20H2,1H3,(H3,34,35)(H,39,43)(H,40,42)(H,45,46)(H4,36,37,38)/t25-,26?,27-/m0/s1. The Labute approximate surface area is 269 Å². The summed E-state index contributed by atoms with van der Waals surface area (Å²) in [5.74, 6) is -4.47. The lowest BCUT2D eigenvalue weighted by Crippen LogP contribution is -2.57. The molecule has 0 spiro atoms. The van der Waals surface area contributed by atoms with Crippen LogP contribution in [0.25, 0.3) is 0 Å². The summed E-state index contributed by atoms with van der Waals surface area (Å²) < 4.78 is 0. The molecule has 3 amide bonds. The van der Waals surface area contributed by atoms with E-state index in [9.17, 15) is 24.3 Å². The van der Waals surface area contributed by atoms with Crippen LogP contribution < -0.4 is 27.8 Å². The Morgan fingerprint density at radius 3 is 2.17 bits per heavy atom. The Kier molecular flexibility index (Phi) is 13.5. The number of guanidine groups is 1. The first kappa shape index (κ1) is 35.5. The maximum absolute atomic E-state index is 14.0. The van der Waals surface area contributed by atoms with Gasteiger partial charge in [0.25, 0.3) is 0 Å². The highest BCUT2D eigenvalue weighted by molar-refractivity contribution is 6.02. The summed E-state index contributed by atoms with van der Waals surface area (Å²) in [6, 6.07) is 13.9. The van der Waals surface area contributed by atoms with Crippen LogP contribution in [0.3, 0.4) is 0 Å². The second-order valence-corrected chi connectivity index (χ2v) is 11.8. The fourth-order valence-electron chi connectivity index (χ4n) is 5.69. The third-order valence-corrected chi connectivity index (χ3v) is 8.22.